The van der Waals surface area contributed by atoms with Gasteiger partial charge in [0.05, 0.1) is 16.9 Å². The molecule has 0 aliphatic carbocycles. The van der Waals surface area contributed by atoms with Gasteiger partial charge in [-0.05, 0) is 30.6 Å². The van der Waals surface area contributed by atoms with E-state index in [2.05, 4.69) is 37.0 Å². The molecule has 3 amide bonds. The number of nitrogens with one attached hydrogen (secondary N) is 2. The Balaban J connectivity index is 1.26. The second-order valence-electron chi connectivity index (χ2n) is 6.48. The molecule has 4 rings (SSSR count). The number of hydrogen-bond donors (Lipinski definition) is 2. The predicted molar refractivity (Wildman–Crippen MR) is 112 cm³/mol. The van der Waals surface area contributed by atoms with Crippen LogP contribution in [0.1, 0.15) is 5.69 Å². The summed E-state index contributed by atoms with van der Waals surface area (Å²) in [5.41, 5.74) is 0.857. The summed E-state index contributed by atoms with van der Waals surface area (Å²) in [5, 5.41) is 8.92. The molecule has 0 radical (unpaired) electrons. The van der Waals surface area contributed by atoms with Crippen molar-refractivity contribution < 1.29 is 9.59 Å². The predicted octanol–water partition coefficient (Wildman–Crippen LogP) is 2.53. The van der Waals surface area contributed by atoms with Crippen LogP contribution < -0.4 is 15.5 Å². The molecule has 1 saturated heterocycles. The number of nitrogens with zero attached hydrogens (tertiary/aromatic N) is 4. The van der Waals surface area contributed by atoms with Crippen LogP contribution in [-0.2, 0) is 4.79 Å². The summed E-state index contributed by atoms with van der Waals surface area (Å²) in [4.78, 5) is 32.4. The van der Waals surface area contributed by atoms with Gasteiger partial charge >= 0.3 is 6.03 Å². The molecule has 3 heterocycles. The molecule has 0 spiro atoms. The van der Waals surface area contributed by atoms with Crippen LogP contribution in [0.5, 0.6) is 0 Å². The van der Waals surface area contributed by atoms with Crippen molar-refractivity contribution in [2.45, 2.75) is 6.92 Å². The third-order valence-electron chi connectivity index (χ3n) is 4.49. The van der Waals surface area contributed by atoms with E-state index < -0.39 is 0 Å². The van der Waals surface area contributed by atoms with Crippen LogP contribution >= 0.6 is 22.9 Å². The number of fused-ring (bicyclic) bond motifs is 1. The number of thiazole rings is 1. The highest BCUT2D eigenvalue weighted by Gasteiger charge is 2.24. The number of carbonyl (C=O) groups is 2. The molecule has 10 heteroatoms. The van der Waals surface area contributed by atoms with E-state index in [4.69, 9.17) is 0 Å². The topological polar surface area (TPSA) is 90.5 Å². The first-order valence-corrected chi connectivity index (χ1v) is 10.6. The lowest BCUT2D eigenvalue weighted by Crippen LogP contribution is -2.52. The van der Waals surface area contributed by atoms with E-state index in [1.807, 2.05) is 24.4 Å². The molecule has 2 aromatic heterocycles. The molecular weight excluding hydrogens is 396 g/mol. The fraction of sp³-hybridized carbons (Fsp3) is 0.333. The Kier molecular flexibility index (Phi) is 5.40. The maximum Gasteiger partial charge on any atom is 0.317 e. The third-order valence-corrected chi connectivity index (χ3v) is 6.18. The zero-order valence-electron chi connectivity index (χ0n) is 15.3. The zero-order valence-corrected chi connectivity index (χ0v) is 17.0. The van der Waals surface area contributed by atoms with E-state index >= 15 is 0 Å². The smallest absolute Gasteiger partial charge is 0.317 e. The van der Waals surface area contributed by atoms with Crippen molar-refractivity contribution in [2.75, 3.05) is 42.9 Å². The van der Waals surface area contributed by atoms with E-state index in [9.17, 15) is 9.59 Å². The number of carbonyl (C=O) groups excluding carboxylic acids is 2. The Morgan fingerprint density at radius 1 is 1.18 bits per heavy atom. The van der Waals surface area contributed by atoms with E-state index in [1.54, 1.807) is 4.90 Å². The standard InChI is InChI=1S/C18H20N6O2S2/c1-12-11-27-17(20-12)21-15(25)10-19-18(26)24-8-6-23(7-9-24)16-13-4-2-3-5-14(13)28-22-16/h2-5,11H,6-10H2,1H3,(H,19,26)(H,20,21,25). The van der Waals surface area contributed by atoms with Gasteiger partial charge in [-0.1, -0.05) is 12.1 Å². The maximum atomic E-state index is 12.4. The zero-order chi connectivity index (χ0) is 19.5. The molecule has 1 fully saturated rings. The van der Waals surface area contributed by atoms with Gasteiger partial charge in [-0.25, -0.2) is 9.78 Å². The number of piperazine rings is 1. The van der Waals surface area contributed by atoms with E-state index in [-0.39, 0.29) is 18.5 Å². The second kappa shape index (κ2) is 8.11. The van der Waals surface area contributed by atoms with Gasteiger partial charge in [0.1, 0.15) is 5.82 Å². The summed E-state index contributed by atoms with van der Waals surface area (Å²) >= 11 is 2.86. The van der Waals surface area contributed by atoms with Crippen LogP contribution in [0.3, 0.4) is 0 Å². The summed E-state index contributed by atoms with van der Waals surface area (Å²) in [5.74, 6) is 0.703. The van der Waals surface area contributed by atoms with Gasteiger partial charge in [0, 0.05) is 36.9 Å². The van der Waals surface area contributed by atoms with Crippen molar-refractivity contribution in [2.24, 2.45) is 0 Å². The third kappa shape index (κ3) is 4.07. The van der Waals surface area contributed by atoms with E-state index in [0.29, 0.717) is 31.3 Å². The highest BCUT2D eigenvalue weighted by molar-refractivity contribution is 7.14. The average molecular weight is 417 g/mol. The first-order chi connectivity index (χ1) is 13.6. The van der Waals surface area contributed by atoms with Crippen molar-refractivity contribution in [3.8, 4) is 0 Å². The number of anilines is 2. The normalized spacial score (nSPS) is 14.3. The number of amides is 3. The molecule has 2 N–H and O–H groups in total. The van der Waals surface area contributed by atoms with E-state index in [1.165, 1.54) is 27.6 Å². The SMILES string of the molecule is Cc1csc(NC(=O)CNC(=O)N2CCN(c3nsc4ccccc34)CC2)n1. The summed E-state index contributed by atoms with van der Waals surface area (Å²) in [6, 6.07) is 7.95. The molecule has 1 aliphatic rings. The number of hydrogen-bond acceptors (Lipinski definition) is 7. The summed E-state index contributed by atoms with van der Waals surface area (Å²) < 4.78 is 5.75. The van der Waals surface area contributed by atoms with Gasteiger partial charge in [-0.3, -0.25) is 4.79 Å². The van der Waals surface area contributed by atoms with Crippen LogP contribution in [0.15, 0.2) is 29.6 Å². The van der Waals surface area contributed by atoms with Crippen molar-refractivity contribution in [3.05, 3.63) is 35.3 Å². The van der Waals surface area contributed by atoms with Gasteiger partial charge in [0.2, 0.25) is 5.91 Å². The van der Waals surface area contributed by atoms with Crippen LogP contribution in [0.2, 0.25) is 0 Å². The molecule has 0 unspecified atom stereocenters. The Morgan fingerprint density at radius 2 is 1.96 bits per heavy atom. The average Bonchev–Trinajstić information content (AvgIpc) is 3.32. The molecule has 1 aliphatic heterocycles. The summed E-state index contributed by atoms with van der Waals surface area (Å²) in [7, 11) is 0. The molecule has 8 nitrogen and oxygen atoms in total. The Labute approximate surface area is 170 Å². The lowest BCUT2D eigenvalue weighted by atomic mass is 10.2. The minimum Gasteiger partial charge on any atom is -0.352 e. The highest BCUT2D eigenvalue weighted by atomic mass is 32.1. The van der Waals surface area contributed by atoms with Gasteiger partial charge in [0.25, 0.3) is 0 Å². The molecule has 28 heavy (non-hydrogen) atoms. The van der Waals surface area contributed by atoms with Crippen molar-refractivity contribution in [1.82, 2.24) is 19.6 Å². The molecule has 0 atom stereocenters. The molecule has 1 aromatic carbocycles. The number of aromatic nitrogens is 2. The molecule has 0 bridgehead atoms. The highest BCUT2D eigenvalue weighted by Crippen LogP contribution is 2.29. The fourth-order valence-electron chi connectivity index (χ4n) is 3.06. The maximum absolute atomic E-state index is 12.4. The minimum absolute atomic E-state index is 0.0750. The molecule has 0 saturated carbocycles. The van der Waals surface area contributed by atoms with Gasteiger partial charge in [-0.15, -0.1) is 11.3 Å². The summed E-state index contributed by atoms with van der Waals surface area (Å²) in [6.45, 7) is 4.39. The first-order valence-electron chi connectivity index (χ1n) is 8.94. The van der Waals surface area contributed by atoms with Gasteiger partial charge in [0.15, 0.2) is 5.13 Å². The lowest BCUT2D eigenvalue weighted by molar-refractivity contribution is -0.115. The molecular formula is C18H20N6O2S2. The van der Waals surface area contributed by atoms with Crippen LogP contribution in [-0.4, -0.2) is 58.9 Å². The van der Waals surface area contributed by atoms with Crippen LogP contribution in [0.25, 0.3) is 10.1 Å². The van der Waals surface area contributed by atoms with Crippen LogP contribution in [0.4, 0.5) is 15.7 Å². The van der Waals surface area contributed by atoms with Crippen molar-refractivity contribution in [1.29, 1.82) is 0 Å². The van der Waals surface area contributed by atoms with Crippen molar-refractivity contribution >= 4 is 55.8 Å². The largest absolute Gasteiger partial charge is 0.352 e. The van der Waals surface area contributed by atoms with Crippen molar-refractivity contribution in [3.63, 3.8) is 0 Å². The first kappa shape index (κ1) is 18.6. The molecule has 3 aromatic rings. The van der Waals surface area contributed by atoms with Gasteiger partial charge in [-0.2, -0.15) is 4.37 Å². The fourth-order valence-corrected chi connectivity index (χ4v) is 4.56. The van der Waals surface area contributed by atoms with E-state index in [0.717, 1.165) is 16.9 Å². The number of aryl methyl sites for hydroxylation is 1. The minimum atomic E-state index is -0.282. The Morgan fingerprint density at radius 3 is 2.71 bits per heavy atom. The number of benzene rings is 1. The lowest BCUT2D eigenvalue weighted by Gasteiger charge is -2.35. The number of urea groups is 1. The Bertz CT molecular complexity index is 993. The monoisotopic (exact) mass is 416 g/mol. The summed E-state index contributed by atoms with van der Waals surface area (Å²) in [6.07, 6.45) is 0. The number of rotatable bonds is 4. The Hall–Kier alpha value is -2.72. The molecule has 146 valence electrons. The van der Waals surface area contributed by atoms with Crippen LogP contribution in [0, 0.1) is 6.92 Å². The van der Waals surface area contributed by atoms with Gasteiger partial charge < -0.3 is 20.4 Å². The quantitative estimate of drug-likeness (QED) is 0.682. The second-order valence-corrected chi connectivity index (χ2v) is 8.14.